The fourth-order valence-electron chi connectivity index (χ4n) is 3.58. The quantitative estimate of drug-likeness (QED) is 0.805. The molecule has 6 nitrogen and oxygen atoms in total. The molecule has 0 saturated carbocycles. The Balaban J connectivity index is 2.02. The molecule has 1 aliphatic rings. The largest absolute Gasteiger partial charge is 0.478 e. The Hall–Kier alpha value is -3.15. The summed E-state index contributed by atoms with van der Waals surface area (Å²) in [5, 5.41) is 12.0. The number of hydrogen-bond donors (Lipinski definition) is 2. The monoisotopic (exact) mass is 380 g/mol. The minimum absolute atomic E-state index is 0.133. The number of rotatable bonds is 6. The zero-order chi connectivity index (χ0) is 20.1. The van der Waals surface area contributed by atoms with Gasteiger partial charge in [0.2, 0.25) is 5.91 Å². The molecule has 28 heavy (non-hydrogen) atoms. The molecule has 0 spiro atoms. The average molecular weight is 380 g/mol. The molecule has 6 heteroatoms. The van der Waals surface area contributed by atoms with E-state index in [9.17, 15) is 14.4 Å². The Kier molecular flexibility index (Phi) is 6.09. The van der Waals surface area contributed by atoms with Gasteiger partial charge in [-0.1, -0.05) is 30.3 Å². The predicted molar refractivity (Wildman–Crippen MR) is 107 cm³/mol. The fourth-order valence-corrected chi connectivity index (χ4v) is 3.58. The van der Waals surface area contributed by atoms with Crippen LogP contribution in [0.4, 0.5) is 5.69 Å². The van der Waals surface area contributed by atoms with Gasteiger partial charge < -0.3 is 15.3 Å². The van der Waals surface area contributed by atoms with E-state index < -0.39 is 11.9 Å². The Morgan fingerprint density at radius 1 is 1.07 bits per heavy atom. The Bertz CT molecular complexity index is 866. The number of piperidine rings is 1. The standard InChI is InChI=1S/C22H24N2O4/c1-2-23-21(26)20(15-7-9-16(10-8-15)22(27)28)18-5-3-4-6-19(18)24-13-11-17(25)12-14-24/h3-10,20H,2,11-14H2,1H3,(H,23,26)(H,27,28). The predicted octanol–water partition coefficient (Wildman–Crippen LogP) is 2.82. The summed E-state index contributed by atoms with van der Waals surface area (Å²) in [6.45, 7) is 3.64. The first-order valence-electron chi connectivity index (χ1n) is 9.47. The number of likely N-dealkylation sites (N-methyl/N-ethyl adjacent to an activating group) is 1. The van der Waals surface area contributed by atoms with E-state index >= 15 is 0 Å². The highest BCUT2D eigenvalue weighted by atomic mass is 16.4. The summed E-state index contributed by atoms with van der Waals surface area (Å²) in [7, 11) is 0. The van der Waals surface area contributed by atoms with E-state index in [0.717, 1.165) is 16.8 Å². The van der Waals surface area contributed by atoms with Crippen LogP contribution in [0.2, 0.25) is 0 Å². The first-order chi connectivity index (χ1) is 13.5. The van der Waals surface area contributed by atoms with Crippen LogP contribution < -0.4 is 10.2 Å². The van der Waals surface area contributed by atoms with Crippen LogP contribution in [0.15, 0.2) is 48.5 Å². The van der Waals surface area contributed by atoms with Crippen molar-refractivity contribution in [2.24, 2.45) is 0 Å². The lowest BCUT2D eigenvalue weighted by atomic mass is 9.88. The van der Waals surface area contributed by atoms with Crippen LogP contribution in [0.3, 0.4) is 0 Å². The number of ketones is 1. The molecular weight excluding hydrogens is 356 g/mol. The molecule has 2 N–H and O–H groups in total. The number of amides is 1. The molecule has 1 aliphatic heterocycles. The highest BCUT2D eigenvalue weighted by Crippen LogP contribution is 2.34. The molecular formula is C22H24N2O4. The molecule has 0 bridgehead atoms. The third-order valence-electron chi connectivity index (χ3n) is 5.01. The molecule has 2 aromatic carbocycles. The van der Waals surface area contributed by atoms with Crippen LogP contribution in [0, 0.1) is 0 Å². The van der Waals surface area contributed by atoms with E-state index in [1.165, 1.54) is 12.1 Å². The first-order valence-corrected chi connectivity index (χ1v) is 9.47. The number of nitrogens with one attached hydrogen (secondary N) is 1. The van der Waals surface area contributed by atoms with E-state index in [0.29, 0.717) is 32.5 Å². The van der Waals surface area contributed by atoms with Crippen molar-refractivity contribution in [1.29, 1.82) is 0 Å². The number of nitrogens with zero attached hydrogens (tertiary/aromatic N) is 1. The van der Waals surface area contributed by atoms with Gasteiger partial charge in [0.15, 0.2) is 0 Å². The number of hydrogen-bond acceptors (Lipinski definition) is 4. The number of carbonyl (C=O) groups is 3. The number of carbonyl (C=O) groups excluding carboxylic acids is 2. The number of carboxylic acid groups (broad SMARTS) is 1. The maximum absolute atomic E-state index is 12.9. The molecule has 1 atom stereocenters. The molecule has 0 aliphatic carbocycles. The van der Waals surface area contributed by atoms with Crippen LogP contribution >= 0.6 is 0 Å². The Labute approximate surface area is 164 Å². The molecule has 1 fully saturated rings. The third kappa shape index (κ3) is 4.22. The smallest absolute Gasteiger partial charge is 0.335 e. The van der Waals surface area contributed by atoms with Crippen molar-refractivity contribution in [2.45, 2.75) is 25.7 Å². The summed E-state index contributed by atoms with van der Waals surface area (Å²) in [4.78, 5) is 37.9. The minimum atomic E-state index is -1.00. The zero-order valence-corrected chi connectivity index (χ0v) is 15.9. The Morgan fingerprint density at radius 3 is 2.32 bits per heavy atom. The maximum atomic E-state index is 12.9. The molecule has 1 unspecified atom stereocenters. The minimum Gasteiger partial charge on any atom is -0.478 e. The summed E-state index contributed by atoms with van der Waals surface area (Å²) < 4.78 is 0. The molecule has 0 aromatic heterocycles. The lowest BCUT2D eigenvalue weighted by Crippen LogP contribution is -2.36. The number of anilines is 1. The van der Waals surface area contributed by atoms with Crippen molar-refractivity contribution in [1.82, 2.24) is 5.32 Å². The van der Waals surface area contributed by atoms with Gasteiger partial charge in [-0.3, -0.25) is 9.59 Å². The molecule has 2 aromatic rings. The first kappa shape index (κ1) is 19.6. The normalized spacial score (nSPS) is 15.2. The number of Topliss-reactive ketones (excluding diaryl/α,β-unsaturated/α-hetero) is 1. The summed E-state index contributed by atoms with van der Waals surface area (Å²) in [5.41, 5.74) is 2.71. The number of aromatic carboxylic acids is 1. The molecule has 1 amide bonds. The van der Waals surface area contributed by atoms with E-state index in [2.05, 4.69) is 10.2 Å². The SMILES string of the molecule is CCNC(=O)C(c1ccc(C(=O)O)cc1)c1ccccc1N1CCC(=O)CC1. The van der Waals surface area contributed by atoms with Crippen molar-refractivity contribution in [3.05, 3.63) is 65.2 Å². The van der Waals surface area contributed by atoms with E-state index in [-0.39, 0.29) is 17.3 Å². The van der Waals surface area contributed by atoms with Gasteiger partial charge in [-0.05, 0) is 36.2 Å². The molecule has 1 heterocycles. The van der Waals surface area contributed by atoms with Crippen molar-refractivity contribution in [2.75, 3.05) is 24.5 Å². The second-order valence-electron chi connectivity index (χ2n) is 6.84. The number of para-hydroxylation sites is 1. The lowest BCUT2D eigenvalue weighted by molar-refractivity contribution is -0.121. The third-order valence-corrected chi connectivity index (χ3v) is 5.01. The van der Waals surface area contributed by atoms with Gasteiger partial charge in [0, 0.05) is 38.2 Å². The number of benzene rings is 2. The van der Waals surface area contributed by atoms with Gasteiger partial charge >= 0.3 is 5.97 Å². The van der Waals surface area contributed by atoms with Crippen LogP contribution in [0.25, 0.3) is 0 Å². The van der Waals surface area contributed by atoms with Gasteiger partial charge in [-0.15, -0.1) is 0 Å². The van der Waals surface area contributed by atoms with E-state index in [1.54, 1.807) is 12.1 Å². The average Bonchev–Trinajstić information content (AvgIpc) is 2.70. The van der Waals surface area contributed by atoms with Crippen LogP contribution in [-0.4, -0.2) is 42.4 Å². The van der Waals surface area contributed by atoms with Crippen molar-refractivity contribution >= 4 is 23.3 Å². The summed E-state index contributed by atoms with van der Waals surface area (Å²) in [5.74, 6) is -1.43. The summed E-state index contributed by atoms with van der Waals surface area (Å²) in [6.07, 6.45) is 1.01. The highest BCUT2D eigenvalue weighted by molar-refractivity contribution is 5.91. The molecule has 3 rings (SSSR count). The maximum Gasteiger partial charge on any atom is 0.335 e. The lowest BCUT2D eigenvalue weighted by Gasteiger charge is -2.32. The van der Waals surface area contributed by atoms with E-state index in [4.69, 9.17) is 5.11 Å². The topological polar surface area (TPSA) is 86.7 Å². The van der Waals surface area contributed by atoms with Gasteiger partial charge in [-0.2, -0.15) is 0 Å². The molecule has 0 radical (unpaired) electrons. The van der Waals surface area contributed by atoms with Gasteiger partial charge in [0.05, 0.1) is 11.5 Å². The van der Waals surface area contributed by atoms with Gasteiger partial charge in [-0.25, -0.2) is 4.79 Å². The molecule has 146 valence electrons. The number of carboxylic acids is 1. The van der Waals surface area contributed by atoms with Crippen LogP contribution in [0.1, 0.15) is 47.2 Å². The van der Waals surface area contributed by atoms with E-state index in [1.807, 2.05) is 31.2 Å². The summed E-state index contributed by atoms with van der Waals surface area (Å²) >= 11 is 0. The van der Waals surface area contributed by atoms with Crippen molar-refractivity contribution < 1.29 is 19.5 Å². The Morgan fingerprint density at radius 2 is 1.71 bits per heavy atom. The molecule has 1 saturated heterocycles. The van der Waals surface area contributed by atoms with Crippen LogP contribution in [0.5, 0.6) is 0 Å². The highest BCUT2D eigenvalue weighted by Gasteiger charge is 2.28. The second-order valence-corrected chi connectivity index (χ2v) is 6.84. The zero-order valence-electron chi connectivity index (χ0n) is 15.9. The van der Waals surface area contributed by atoms with Gasteiger partial charge in [0.25, 0.3) is 0 Å². The fraction of sp³-hybridized carbons (Fsp3) is 0.318. The van der Waals surface area contributed by atoms with Gasteiger partial charge in [0.1, 0.15) is 5.78 Å². The van der Waals surface area contributed by atoms with Crippen molar-refractivity contribution in [3.8, 4) is 0 Å². The van der Waals surface area contributed by atoms with Crippen molar-refractivity contribution in [3.63, 3.8) is 0 Å². The van der Waals surface area contributed by atoms with Crippen LogP contribution in [-0.2, 0) is 9.59 Å². The second kappa shape index (κ2) is 8.69. The summed E-state index contributed by atoms with van der Waals surface area (Å²) in [6, 6.07) is 14.2.